The van der Waals surface area contributed by atoms with E-state index in [4.69, 9.17) is 0 Å². The fourth-order valence-corrected chi connectivity index (χ4v) is 6.25. The van der Waals surface area contributed by atoms with Gasteiger partial charge in [0.1, 0.15) is 0 Å². The van der Waals surface area contributed by atoms with Crippen LogP contribution in [0.1, 0.15) is 58.8 Å². The van der Waals surface area contributed by atoms with Gasteiger partial charge in [0, 0.05) is 17.3 Å². The standard InChI is InChI=1S/C20H26O3/c1-12-10-16-15-5-4-13-11-14(21)6-7-19(13,3)20(15,23)9-8-18(16,2)17(12)22/h11,15-16,23H,1,4-10H2,2-3H3/t15-,16-,18-,19-,20+/m0/s1. The maximum Gasteiger partial charge on any atom is 0.164 e. The summed E-state index contributed by atoms with van der Waals surface area (Å²) < 4.78 is 0. The van der Waals surface area contributed by atoms with Crippen LogP contribution in [0.5, 0.6) is 0 Å². The monoisotopic (exact) mass is 314 g/mol. The van der Waals surface area contributed by atoms with Crippen molar-refractivity contribution in [1.82, 2.24) is 0 Å². The van der Waals surface area contributed by atoms with Crippen molar-refractivity contribution in [2.75, 3.05) is 0 Å². The number of aliphatic hydroxyl groups is 1. The number of carbonyl (C=O) groups excluding carboxylic acids is 2. The second-order valence-corrected chi connectivity index (χ2v) is 8.70. The predicted molar refractivity (Wildman–Crippen MR) is 87.7 cm³/mol. The van der Waals surface area contributed by atoms with E-state index in [0.29, 0.717) is 12.8 Å². The zero-order chi connectivity index (χ0) is 16.6. The molecule has 4 rings (SSSR count). The zero-order valence-electron chi connectivity index (χ0n) is 14.2. The van der Waals surface area contributed by atoms with E-state index in [2.05, 4.69) is 20.4 Å². The quantitative estimate of drug-likeness (QED) is 0.698. The van der Waals surface area contributed by atoms with Crippen LogP contribution in [0.25, 0.3) is 0 Å². The summed E-state index contributed by atoms with van der Waals surface area (Å²) in [5, 5.41) is 11.8. The molecule has 4 aliphatic carbocycles. The molecular formula is C20H26O3. The van der Waals surface area contributed by atoms with E-state index >= 15 is 0 Å². The van der Waals surface area contributed by atoms with Gasteiger partial charge in [-0.05, 0) is 62.0 Å². The molecule has 0 radical (unpaired) electrons. The highest BCUT2D eigenvalue weighted by Gasteiger charge is 2.66. The third kappa shape index (κ3) is 1.69. The lowest BCUT2D eigenvalue weighted by atomic mass is 9.45. The molecule has 0 saturated heterocycles. The minimum absolute atomic E-state index is 0.139. The molecule has 3 heteroatoms. The fraction of sp³-hybridized carbons (Fsp3) is 0.700. The Morgan fingerprint density at radius 3 is 2.61 bits per heavy atom. The first-order chi connectivity index (χ1) is 10.7. The number of fused-ring (bicyclic) bond motifs is 5. The van der Waals surface area contributed by atoms with Gasteiger partial charge in [0.2, 0.25) is 0 Å². The SMILES string of the molecule is C=C1C[C@H]2[C@@H]3CCC4=CC(=O)CC[C@]4(C)[C@@]3(O)CC[C@]2(C)C1=O. The van der Waals surface area contributed by atoms with Crippen molar-refractivity contribution in [3.05, 3.63) is 23.8 Å². The maximum atomic E-state index is 12.6. The van der Waals surface area contributed by atoms with Crippen molar-refractivity contribution >= 4 is 11.6 Å². The summed E-state index contributed by atoms with van der Waals surface area (Å²) in [6, 6.07) is 0. The smallest absolute Gasteiger partial charge is 0.164 e. The Hall–Kier alpha value is -1.22. The molecule has 0 unspecified atom stereocenters. The summed E-state index contributed by atoms with van der Waals surface area (Å²) in [4.78, 5) is 24.4. The first kappa shape index (κ1) is 15.3. The first-order valence-electron chi connectivity index (χ1n) is 8.91. The maximum absolute atomic E-state index is 12.6. The molecule has 3 nitrogen and oxygen atoms in total. The molecule has 0 spiro atoms. The van der Waals surface area contributed by atoms with Crippen molar-refractivity contribution in [3.8, 4) is 0 Å². The normalized spacial score (nSPS) is 49.3. The summed E-state index contributed by atoms with van der Waals surface area (Å²) in [5.74, 6) is 0.761. The van der Waals surface area contributed by atoms with Crippen LogP contribution in [-0.2, 0) is 9.59 Å². The molecule has 23 heavy (non-hydrogen) atoms. The van der Waals surface area contributed by atoms with Gasteiger partial charge >= 0.3 is 0 Å². The van der Waals surface area contributed by atoms with Gasteiger partial charge in [-0.2, -0.15) is 0 Å². The Bertz CT molecular complexity index is 660. The topological polar surface area (TPSA) is 54.4 Å². The average molecular weight is 314 g/mol. The minimum Gasteiger partial charge on any atom is -0.389 e. The highest BCUT2D eigenvalue weighted by Crippen LogP contribution is 2.66. The second kappa shape index (κ2) is 4.44. The highest BCUT2D eigenvalue weighted by atomic mass is 16.3. The van der Waals surface area contributed by atoms with Gasteiger partial charge in [-0.3, -0.25) is 9.59 Å². The molecule has 4 aliphatic rings. The van der Waals surface area contributed by atoms with E-state index in [1.54, 1.807) is 6.08 Å². The molecule has 1 N–H and O–H groups in total. The lowest BCUT2D eigenvalue weighted by molar-refractivity contribution is -0.188. The van der Waals surface area contributed by atoms with Gasteiger partial charge in [-0.1, -0.05) is 26.0 Å². The Labute approximate surface area is 137 Å². The van der Waals surface area contributed by atoms with Gasteiger partial charge in [0.15, 0.2) is 11.6 Å². The summed E-state index contributed by atoms with van der Waals surface area (Å²) in [6.45, 7) is 8.21. The van der Waals surface area contributed by atoms with E-state index in [-0.39, 0.29) is 34.2 Å². The Balaban J connectivity index is 1.79. The third-order valence-corrected chi connectivity index (χ3v) is 7.84. The zero-order valence-corrected chi connectivity index (χ0v) is 14.2. The van der Waals surface area contributed by atoms with E-state index in [0.717, 1.165) is 43.3 Å². The molecular weight excluding hydrogens is 288 g/mol. The van der Waals surface area contributed by atoms with E-state index in [9.17, 15) is 14.7 Å². The van der Waals surface area contributed by atoms with Gasteiger partial charge in [-0.25, -0.2) is 0 Å². The molecule has 3 fully saturated rings. The van der Waals surface area contributed by atoms with E-state index < -0.39 is 5.60 Å². The molecule has 124 valence electrons. The van der Waals surface area contributed by atoms with Crippen LogP contribution in [0.4, 0.5) is 0 Å². The number of allylic oxidation sites excluding steroid dienone is 1. The number of ketones is 2. The molecule has 0 aliphatic heterocycles. The summed E-state index contributed by atoms with van der Waals surface area (Å²) >= 11 is 0. The van der Waals surface area contributed by atoms with Crippen LogP contribution in [0.15, 0.2) is 23.8 Å². The number of carbonyl (C=O) groups is 2. The van der Waals surface area contributed by atoms with Crippen molar-refractivity contribution in [1.29, 1.82) is 0 Å². The largest absolute Gasteiger partial charge is 0.389 e. The third-order valence-electron chi connectivity index (χ3n) is 7.84. The predicted octanol–water partition coefficient (Wildman–Crippen LogP) is 3.37. The van der Waals surface area contributed by atoms with Gasteiger partial charge in [0.05, 0.1) is 5.60 Å². The molecule has 0 amide bonds. The molecule has 0 heterocycles. The van der Waals surface area contributed by atoms with Gasteiger partial charge < -0.3 is 5.11 Å². The minimum atomic E-state index is -0.785. The Morgan fingerprint density at radius 2 is 1.87 bits per heavy atom. The lowest BCUT2D eigenvalue weighted by Crippen LogP contribution is -2.63. The molecule has 5 atom stereocenters. The Morgan fingerprint density at radius 1 is 1.13 bits per heavy atom. The van der Waals surface area contributed by atoms with Gasteiger partial charge in [-0.15, -0.1) is 0 Å². The summed E-state index contributed by atoms with van der Waals surface area (Å²) in [6.07, 6.45) is 6.95. The number of Topliss-reactive ketones (excluding diaryl/α,β-unsaturated/α-hetero) is 1. The van der Waals surface area contributed by atoms with Crippen LogP contribution in [-0.4, -0.2) is 22.3 Å². The molecule has 0 aromatic rings. The Kier molecular flexibility index (Phi) is 2.96. The van der Waals surface area contributed by atoms with Crippen LogP contribution < -0.4 is 0 Å². The summed E-state index contributed by atoms with van der Waals surface area (Å²) in [7, 11) is 0. The molecule has 0 bridgehead atoms. The van der Waals surface area contributed by atoms with Crippen molar-refractivity contribution < 1.29 is 14.7 Å². The van der Waals surface area contributed by atoms with Crippen molar-refractivity contribution in [2.24, 2.45) is 22.7 Å². The average Bonchev–Trinajstić information content (AvgIpc) is 2.73. The number of hydrogen-bond acceptors (Lipinski definition) is 3. The molecule has 0 aromatic heterocycles. The number of hydrogen-bond donors (Lipinski definition) is 1. The van der Waals surface area contributed by atoms with Crippen molar-refractivity contribution in [2.45, 2.75) is 64.4 Å². The summed E-state index contributed by atoms with van der Waals surface area (Å²) in [5.41, 5.74) is 0.451. The van der Waals surface area contributed by atoms with Crippen LogP contribution in [0.2, 0.25) is 0 Å². The second-order valence-electron chi connectivity index (χ2n) is 8.70. The van der Waals surface area contributed by atoms with Crippen molar-refractivity contribution in [3.63, 3.8) is 0 Å². The van der Waals surface area contributed by atoms with E-state index in [1.807, 2.05) is 0 Å². The van der Waals surface area contributed by atoms with Crippen LogP contribution >= 0.6 is 0 Å². The fourth-order valence-electron chi connectivity index (χ4n) is 6.25. The highest BCUT2D eigenvalue weighted by molar-refractivity contribution is 6.02. The first-order valence-corrected chi connectivity index (χ1v) is 8.91. The molecule has 0 aromatic carbocycles. The lowest BCUT2D eigenvalue weighted by Gasteiger charge is -2.61. The van der Waals surface area contributed by atoms with Crippen LogP contribution in [0.3, 0.4) is 0 Å². The van der Waals surface area contributed by atoms with Crippen LogP contribution in [0, 0.1) is 22.7 Å². The van der Waals surface area contributed by atoms with Gasteiger partial charge in [0.25, 0.3) is 0 Å². The molecule has 3 saturated carbocycles. The van der Waals surface area contributed by atoms with E-state index in [1.165, 1.54) is 0 Å². The number of rotatable bonds is 0.